The maximum atomic E-state index is 11.9. The molecule has 1 heterocycles. The van der Waals surface area contributed by atoms with Crippen molar-refractivity contribution in [1.82, 2.24) is 10.6 Å². The first-order valence-electron chi connectivity index (χ1n) is 6.08. The Hall–Kier alpha value is -1.43. The first-order valence-corrected chi connectivity index (χ1v) is 6.08. The third-order valence-electron chi connectivity index (χ3n) is 3.13. The van der Waals surface area contributed by atoms with E-state index in [9.17, 15) is 15.0 Å². The number of rotatable bonds is 4. The molecule has 0 spiro atoms. The molecule has 5 heteroatoms. The number of β-amino-alcohol motifs (C(OH)–C–C–N with tert-alkyl or cyclic N) is 1. The highest BCUT2D eigenvalue weighted by Crippen LogP contribution is 2.13. The molecular formula is C13H18N2O3. The minimum atomic E-state index is -0.468. The van der Waals surface area contributed by atoms with E-state index in [0.717, 1.165) is 5.56 Å². The molecule has 4 N–H and O–H groups in total. The van der Waals surface area contributed by atoms with Crippen LogP contribution in [0.5, 0.6) is 0 Å². The smallest absolute Gasteiger partial charge is 0.237 e. The monoisotopic (exact) mass is 250 g/mol. The Balaban J connectivity index is 1.96. The van der Waals surface area contributed by atoms with Crippen molar-refractivity contribution < 1.29 is 15.0 Å². The van der Waals surface area contributed by atoms with Crippen molar-refractivity contribution in [3.05, 3.63) is 35.9 Å². The van der Waals surface area contributed by atoms with Crippen LogP contribution in [-0.2, 0) is 4.79 Å². The quantitative estimate of drug-likeness (QED) is 0.584. The molecule has 98 valence electrons. The van der Waals surface area contributed by atoms with Crippen molar-refractivity contribution in [2.24, 2.45) is 0 Å². The fraction of sp³-hybridized carbons (Fsp3) is 0.462. The van der Waals surface area contributed by atoms with Gasteiger partial charge in [-0.1, -0.05) is 30.3 Å². The first kappa shape index (κ1) is 13.0. The lowest BCUT2D eigenvalue weighted by Gasteiger charge is -2.19. The minimum absolute atomic E-state index is 0.148. The van der Waals surface area contributed by atoms with Crippen molar-refractivity contribution in [1.29, 1.82) is 0 Å². The van der Waals surface area contributed by atoms with Crippen LogP contribution in [0.3, 0.4) is 0 Å². The van der Waals surface area contributed by atoms with Gasteiger partial charge in [0, 0.05) is 6.54 Å². The van der Waals surface area contributed by atoms with Gasteiger partial charge in [-0.05, 0) is 12.0 Å². The number of hydrogen-bond acceptors (Lipinski definition) is 4. The highest BCUT2D eigenvalue weighted by atomic mass is 16.3. The topological polar surface area (TPSA) is 81.6 Å². The van der Waals surface area contributed by atoms with Gasteiger partial charge in [0.1, 0.15) is 0 Å². The van der Waals surface area contributed by atoms with Crippen molar-refractivity contribution >= 4 is 5.91 Å². The van der Waals surface area contributed by atoms with Crippen LogP contribution in [0.25, 0.3) is 0 Å². The second-order valence-electron chi connectivity index (χ2n) is 4.50. The van der Waals surface area contributed by atoms with E-state index < -0.39 is 12.1 Å². The number of amides is 1. The number of aliphatic hydroxyl groups excluding tert-OH is 2. The Morgan fingerprint density at radius 1 is 1.44 bits per heavy atom. The molecule has 1 aromatic carbocycles. The molecule has 0 aliphatic carbocycles. The van der Waals surface area contributed by atoms with Gasteiger partial charge >= 0.3 is 0 Å². The van der Waals surface area contributed by atoms with Crippen LogP contribution in [0, 0.1) is 0 Å². The fourth-order valence-electron chi connectivity index (χ4n) is 2.11. The number of nitrogens with one attached hydrogen (secondary N) is 2. The molecule has 5 nitrogen and oxygen atoms in total. The number of carbonyl (C=O) groups is 1. The zero-order valence-corrected chi connectivity index (χ0v) is 10.0. The summed E-state index contributed by atoms with van der Waals surface area (Å²) < 4.78 is 0. The Kier molecular flexibility index (Phi) is 4.30. The van der Waals surface area contributed by atoms with Crippen molar-refractivity contribution in [3.63, 3.8) is 0 Å². The van der Waals surface area contributed by atoms with Crippen LogP contribution >= 0.6 is 0 Å². The van der Waals surface area contributed by atoms with Crippen molar-refractivity contribution in [2.45, 2.75) is 24.6 Å². The molecule has 1 fully saturated rings. The predicted molar refractivity (Wildman–Crippen MR) is 66.8 cm³/mol. The summed E-state index contributed by atoms with van der Waals surface area (Å²) in [5.74, 6) is -0.186. The maximum absolute atomic E-state index is 11.9. The number of benzene rings is 1. The molecule has 2 unspecified atom stereocenters. The van der Waals surface area contributed by atoms with Gasteiger partial charge in [0.25, 0.3) is 0 Å². The zero-order valence-electron chi connectivity index (χ0n) is 10.0. The van der Waals surface area contributed by atoms with Crippen LogP contribution in [0.15, 0.2) is 30.3 Å². The summed E-state index contributed by atoms with van der Waals surface area (Å²) in [6, 6.07) is 8.55. The summed E-state index contributed by atoms with van der Waals surface area (Å²) in [5, 5.41) is 24.4. The van der Waals surface area contributed by atoms with E-state index in [4.69, 9.17) is 0 Å². The van der Waals surface area contributed by atoms with Crippen LogP contribution in [0.4, 0.5) is 0 Å². The largest absolute Gasteiger partial charge is 0.394 e. The highest BCUT2D eigenvalue weighted by Gasteiger charge is 2.29. The standard InChI is InChI=1S/C13H18N2O3/c16-8-12(9-4-2-1-3-5-9)15-13(18)11-6-10(17)7-14-11/h1-5,10-12,14,16-17H,6-8H2,(H,15,18)/t10?,11?,12-/m0/s1. The summed E-state index contributed by atoms with van der Waals surface area (Å²) in [6.45, 7) is 0.290. The average Bonchev–Trinajstić information content (AvgIpc) is 2.83. The molecule has 1 aliphatic rings. The maximum Gasteiger partial charge on any atom is 0.237 e. The molecule has 0 radical (unpaired) electrons. The second-order valence-corrected chi connectivity index (χ2v) is 4.50. The Morgan fingerprint density at radius 3 is 2.72 bits per heavy atom. The minimum Gasteiger partial charge on any atom is -0.394 e. The number of hydrogen-bond donors (Lipinski definition) is 4. The molecule has 18 heavy (non-hydrogen) atoms. The van der Waals surface area contributed by atoms with Gasteiger partial charge in [0.05, 0.1) is 24.8 Å². The molecule has 1 saturated heterocycles. The van der Waals surface area contributed by atoms with E-state index >= 15 is 0 Å². The molecule has 1 aromatic rings. The summed E-state index contributed by atoms with van der Waals surface area (Å²) in [7, 11) is 0. The van der Waals surface area contributed by atoms with Gasteiger partial charge in [0.2, 0.25) is 5.91 Å². The van der Waals surface area contributed by atoms with Crippen LogP contribution < -0.4 is 10.6 Å². The lowest BCUT2D eigenvalue weighted by atomic mass is 10.1. The summed E-state index contributed by atoms with van der Waals surface area (Å²) in [4.78, 5) is 11.9. The summed E-state index contributed by atoms with van der Waals surface area (Å²) in [6.07, 6.45) is -0.0521. The molecule has 0 saturated carbocycles. The second kappa shape index (κ2) is 5.95. The van der Waals surface area contributed by atoms with Gasteiger partial charge in [-0.2, -0.15) is 0 Å². The van der Waals surface area contributed by atoms with Crippen LogP contribution in [0.2, 0.25) is 0 Å². The van der Waals surface area contributed by atoms with Gasteiger partial charge < -0.3 is 20.8 Å². The Morgan fingerprint density at radius 2 is 2.17 bits per heavy atom. The zero-order chi connectivity index (χ0) is 13.0. The van der Waals surface area contributed by atoms with Crippen LogP contribution in [-0.4, -0.2) is 41.4 Å². The summed E-state index contributed by atoms with van der Waals surface area (Å²) in [5.41, 5.74) is 0.867. The third-order valence-corrected chi connectivity index (χ3v) is 3.13. The normalized spacial score (nSPS) is 24.8. The first-order chi connectivity index (χ1) is 8.70. The van der Waals surface area contributed by atoms with E-state index in [2.05, 4.69) is 10.6 Å². The highest BCUT2D eigenvalue weighted by molar-refractivity contribution is 5.82. The molecular weight excluding hydrogens is 232 g/mol. The Labute approximate surface area is 106 Å². The van der Waals surface area contributed by atoms with E-state index in [0.29, 0.717) is 13.0 Å². The van der Waals surface area contributed by atoms with Gasteiger partial charge in [-0.3, -0.25) is 4.79 Å². The lowest BCUT2D eigenvalue weighted by molar-refractivity contribution is -0.124. The molecule has 0 bridgehead atoms. The number of aliphatic hydroxyl groups is 2. The van der Waals surface area contributed by atoms with Gasteiger partial charge in [-0.25, -0.2) is 0 Å². The summed E-state index contributed by atoms with van der Waals surface area (Å²) >= 11 is 0. The van der Waals surface area contributed by atoms with Crippen molar-refractivity contribution in [2.75, 3.05) is 13.2 Å². The third kappa shape index (κ3) is 3.07. The SMILES string of the molecule is O=C(N[C@@H](CO)c1ccccc1)C1CC(O)CN1. The van der Waals surface area contributed by atoms with E-state index in [1.807, 2.05) is 30.3 Å². The van der Waals surface area contributed by atoms with E-state index in [-0.39, 0.29) is 18.6 Å². The number of carbonyl (C=O) groups excluding carboxylic acids is 1. The predicted octanol–water partition coefficient (Wildman–Crippen LogP) is -0.441. The Bertz CT molecular complexity index is 396. The van der Waals surface area contributed by atoms with Gasteiger partial charge in [0.15, 0.2) is 0 Å². The van der Waals surface area contributed by atoms with Gasteiger partial charge in [-0.15, -0.1) is 0 Å². The molecule has 3 atom stereocenters. The van der Waals surface area contributed by atoms with E-state index in [1.165, 1.54) is 0 Å². The molecule has 2 rings (SSSR count). The fourth-order valence-corrected chi connectivity index (χ4v) is 2.11. The average molecular weight is 250 g/mol. The molecule has 0 aromatic heterocycles. The van der Waals surface area contributed by atoms with Crippen LogP contribution in [0.1, 0.15) is 18.0 Å². The van der Waals surface area contributed by atoms with E-state index in [1.54, 1.807) is 0 Å². The molecule has 1 aliphatic heterocycles. The lowest BCUT2D eigenvalue weighted by Crippen LogP contribution is -2.42. The van der Waals surface area contributed by atoms with Crippen molar-refractivity contribution in [3.8, 4) is 0 Å². The molecule has 1 amide bonds.